The number of aromatic nitrogens is 1. The summed E-state index contributed by atoms with van der Waals surface area (Å²) in [6.07, 6.45) is 1.16. The lowest BCUT2D eigenvalue weighted by Gasteiger charge is -2.33. The number of carbonyl (C=O) groups excluding carboxylic acids is 1. The summed E-state index contributed by atoms with van der Waals surface area (Å²) in [4.78, 5) is 16.9. The molecule has 0 spiro atoms. The standard InChI is InChI=1S/C18H24N4O4S/c1-14-11-16(20-26-14)12-21-7-9-22(10-8-21)13-18(23)19-15-3-5-17(6-4-15)27(2,24)25/h3-6,11H,7-10,12-13H2,1-2H3,(H,19,23). The first-order valence-electron chi connectivity index (χ1n) is 8.76. The van der Waals surface area contributed by atoms with Gasteiger partial charge in [-0.1, -0.05) is 5.16 Å². The molecule has 1 N–H and O–H groups in total. The molecule has 0 bridgehead atoms. The van der Waals surface area contributed by atoms with Gasteiger partial charge >= 0.3 is 0 Å². The Morgan fingerprint density at radius 1 is 1.15 bits per heavy atom. The van der Waals surface area contributed by atoms with E-state index in [0.717, 1.165) is 50.4 Å². The van der Waals surface area contributed by atoms with Gasteiger partial charge in [-0.25, -0.2) is 8.42 Å². The van der Waals surface area contributed by atoms with Crippen LogP contribution in [-0.4, -0.2) is 68.3 Å². The predicted octanol–water partition coefficient (Wildman–Crippen LogP) is 1.14. The molecule has 1 aliphatic rings. The molecule has 3 rings (SSSR count). The topological polar surface area (TPSA) is 95.8 Å². The number of sulfone groups is 1. The number of carbonyl (C=O) groups is 1. The first-order chi connectivity index (χ1) is 12.8. The summed E-state index contributed by atoms with van der Waals surface area (Å²) < 4.78 is 28.0. The van der Waals surface area contributed by atoms with Gasteiger partial charge in [0, 0.05) is 50.7 Å². The van der Waals surface area contributed by atoms with Gasteiger partial charge in [-0.3, -0.25) is 14.6 Å². The fraction of sp³-hybridized carbons (Fsp3) is 0.444. The van der Waals surface area contributed by atoms with Gasteiger partial charge in [-0.2, -0.15) is 0 Å². The van der Waals surface area contributed by atoms with Crippen molar-refractivity contribution < 1.29 is 17.7 Å². The zero-order valence-corrected chi connectivity index (χ0v) is 16.3. The third-order valence-electron chi connectivity index (χ3n) is 4.46. The van der Waals surface area contributed by atoms with Crippen molar-refractivity contribution in [3.05, 3.63) is 41.8 Å². The van der Waals surface area contributed by atoms with Crippen molar-refractivity contribution >= 4 is 21.4 Å². The normalized spacial score (nSPS) is 16.4. The lowest BCUT2D eigenvalue weighted by atomic mass is 10.2. The zero-order chi connectivity index (χ0) is 19.4. The summed E-state index contributed by atoms with van der Waals surface area (Å²) in [6.45, 7) is 6.27. The minimum atomic E-state index is -3.23. The van der Waals surface area contributed by atoms with Crippen molar-refractivity contribution in [2.24, 2.45) is 0 Å². The molecule has 1 saturated heterocycles. The number of nitrogens with zero attached hydrogens (tertiary/aromatic N) is 3. The third-order valence-corrected chi connectivity index (χ3v) is 5.59. The van der Waals surface area contributed by atoms with Crippen LogP contribution in [0.1, 0.15) is 11.5 Å². The average molecular weight is 392 g/mol. The second kappa shape index (κ2) is 8.20. The Bertz CT molecular complexity index is 884. The summed E-state index contributed by atoms with van der Waals surface area (Å²) in [5.74, 6) is 0.701. The monoisotopic (exact) mass is 392 g/mol. The highest BCUT2D eigenvalue weighted by Crippen LogP contribution is 2.14. The Morgan fingerprint density at radius 2 is 1.78 bits per heavy atom. The van der Waals surface area contributed by atoms with E-state index in [1.165, 1.54) is 12.1 Å². The minimum Gasteiger partial charge on any atom is -0.361 e. The van der Waals surface area contributed by atoms with Crippen molar-refractivity contribution in [3.63, 3.8) is 0 Å². The molecule has 0 atom stereocenters. The van der Waals surface area contributed by atoms with Crippen LogP contribution in [-0.2, 0) is 21.2 Å². The quantitative estimate of drug-likeness (QED) is 0.788. The van der Waals surface area contributed by atoms with Crippen LogP contribution >= 0.6 is 0 Å². The van der Waals surface area contributed by atoms with E-state index in [1.807, 2.05) is 13.0 Å². The van der Waals surface area contributed by atoms with Gasteiger partial charge in [0.2, 0.25) is 5.91 Å². The highest BCUT2D eigenvalue weighted by atomic mass is 32.2. The maximum Gasteiger partial charge on any atom is 0.238 e. The molecule has 146 valence electrons. The molecule has 0 saturated carbocycles. The Morgan fingerprint density at radius 3 is 2.33 bits per heavy atom. The fourth-order valence-corrected chi connectivity index (χ4v) is 3.65. The Kier molecular flexibility index (Phi) is 5.93. The molecule has 27 heavy (non-hydrogen) atoms. The second-order valence-electron chi connectivity index (χ2n) is 6.83. The Balaban J connectivity index is 1.44. The summed E-state index contributed by atoms with van der Waals surface area (Å²) in [5, 5.41) is 6.82. The predicted molar refractivity (Wildman–Crippen MR) is 101 cm³/mol. The van der Waals surface area contributed by atoms with E-state index in [4.69, 9.17) is 4.52 Å². The first-order valence-corrected chi connectivity index (χ1v) is 10.7. The summed E-state index contributed by atoms with van der Waals surface area (Å²) in [6, 6.07) is 8.14. The van der Waals surface area contributed by atoms with Crippen LogP contribution in [0.4, 0.5) is 5.69 Å². The van der Waals surface area contributed by atoms with Crippen molar-refractivity contribution in [1.29, 1.82) is 0 Å². The smallest absolute Gasteiger partial charge is 0.238 e. The number of aryl methyl sites for hydroxylation is 1. The number of hydrogen-bond acceptors (Lipinski definition) is 7. The number of anilines is 1. The van der Waals surface area contributed by atoms with E-state index in [2.05, 4.69) is 20.3 Å². The van der Waals surface area contributed by atoms with Crippen LogP contribution < -0.4 is 5.32 Å². The average Bonchev–Trinajstić information content (AvgIpc) is 3.01. The van der Waals surface area contributed by atoms with E-state index in [9.17, 15) is 13.2 Å². The summed E-state index contributed by atoms with van der Waals surface area (Å²) in [7, 11) is -3.23. The van der Waals surface area contributed by atoms with Crippen molar-refractivity contribution in [1.82, 2.24) is 15.0 Å². The molecule has 2 heterocycles. The lowest BCUT2D eigenvalue weighted by molar-refractivity contribution is -0.117. The lowest BCUT2D eigenvalue weighted by Crippen LogP contribution is -2.48. The number of nitrogens with one attached hydrogen (secondary N) is 1. The van der Waals surface area contributed by atoms with Crippen molar-refractivity contribution in [2.45, 2.75) is 18.4 Å². The van der Waals surface area contributed by atoms with Crippen LogP contribution in [0, 0.1) is 6.92 Å². The molecule has 8 nitrogen and oxygen atoms in total. The van der Waals surface area contributed by atoms with Gasteiger partial charge in [0.1, 0.15) is 5.76 Å². The molecular formula is C18H24N4O4S. The van der Waals surface area contributed by atoms with E-state index in [1.54, 1.807) is 12.1 Å². The van der Waals surface area contributed by atoms with Gasteiger partial charge in [0.25, 0.3) is 0 Å². The number of hydrogen-bond donors (Lipinski definition) is 1. The SMILES string of the molecule is Cc1cc(CN2CCN(CC(=O)Nc3ccc(S(C)(=O)=O)cc3)CC2)no1. The minimum absolute atomic E-state index is 0.109. The number of piperazine rings is 1. The molecule has 1 aromatic carbocycles. The van der Waals surface area contributed by atoms with Gasteiger partial charge < -0.3 is 9.84 Å². The van der Waals surface area contributed by atoms with Gasteiger partial charge in [-0.05, 0) is 31.2 Å². The highest BCUT2D eigenvalue weighted by Gasteiger charge is 2.20. The van der Waals surface area contributed by atoms with Crippen molar-refractivity contribution in [2.75, 3.05) is 44.3 Å². The van der Waals surface area contributed by atoms with Crippen LogP contribution in [0.15, 0.2) is 39.8 Å². The number of benzene rings is 1. The molecular weight excluding hydrogens is 368 g/mol. The summed E-state index contributed by atoms with van der Waals surface area (Å²) >= 11 is 0. The van der Waals surface area contributed by atoms with E-state index in [-0.39, 0.29) is 10.8 Å². The highest BCUT2D eigenvalue weighted by molar-refractivity contribution is 7.90. The van der Waals surface area contributed by atoms with E-state index < -0.39 is 9.84 Å². The molecule has 0 radical (unpaired) electrons. The van der Waals surface area contributed by atoms with Crippen LogP contribution in [0.3, 0.4) is 0 Å². The van der Waals surface area contributed by atoms with Gasteiger partial charge in [-0.15, -0.1) is 0 Å². The molecule has 1 fully saturated rings. The molecule has 9 heteroatoms. The number of rotatable bonds is 6. The molecule has 1 amide bonds. The third kappa shape index (κ3) is 5.62. The van der Waals surface area contributed by atoms with Gasteiger partial charge in [0.05, 0.1) is 17.1 Å². The molecule has 1 aromatic heterocycles. The molecule has 0 unspecified atom stereocenters. The zero-order valence-electron chi connectivity index (χ0n) is 15.5. The van der Waals surface area contributed by atoms with Gasteiger partial charge in [0.15, 0.2) is 9.84 Å². The first kappa shape index (κ1) is 19.5. The maximum atomic E-state index is 12.2. The van der Waals surface area contributed by atoms with E-state index in [0.29, 0.717) is 12.2 Å². The van der Waals surface area contributed by atoms with Crippen LogP contribution in [0.5, 0.6) is 0 Å². The largest absolute Gasteiger partial charge is 0.361 e. The van der Waals surface area contributed by atoms with Crippen LogP contribution in [0.2, 0.25) is 0 Å². The van der Waals surface area contributed by atoms with Crippen molar-refractivity contribution in [3.8, 4) is 0 Å². The molecule has 2 aromatic rings. The van der Waals surface area contributed by atoms with E-state index >= 15 is 0 Å². The Labute approximate surface area is 159 Å². The molecule has 0 aliphatic carbocycles. The second-order valence-corrected chi connectivity index (χ2v) is 8.84. The van der Waals surface area contributed by atoms with Crippen LogP contribution in [0.25, 0.3) is 0 Å². The molecule has 1 aliphatic heterocycles. The number of amides is 1. The maximum absolute atomic E-state index is 12.2. The Hall–Kier alpha value is -2.23. The fourth-order valence-electron chi connectivity index (χ4n) is 3.02. The summed E-state index contributed by atoms with van der Waals surface area (Å²) in [5.41, 5.74) is 1.52.